The Labute approximate surface area is 137 Å². The summed E-state index contributed by atoms with van der Waals surface area (Å²) >= 11 is 0. The molecule has 5 nitrogen and oxygen atoms in total. The summed E-state index contributed by atoms with van der Waals surface area (Å²) < 4.78 is 0. The summed E-state index contributed by atoms with van der Waals surface area (Å²) in [6.45, 7) is 4.01. The number of anilines is 2. The molecule has 0 aliphatic carbocycles. The van der Waals surface area contributed by atoms with Gasteiger partial charge in [-0.15, -0.1) is 0 Å². The van der Waals surface area contributed by atoms with Crippen molar-refractivity contribution in [2.45, 2.75) is 45.1 Å². The second-order valence-corrected chi connectivity index (χ2v) is 6.45. The molecule has 23 heavy (non-hydrogen) atoms. The van der Waals surface area contributed by atoms with E-state index in [4.69, 9.17) is 0 Å². The minimum absolute atomic E-state index is 0.139. The highest BCUT2D eigenvalue weighted by atomic mass is 16.2. The number of para-hydroxylation sites is 2. The molecule has 0 aromatic heterocycles. The average molecular weight is 315 g/mol. The summed E-state index contributed by atoms with van der Waals surface area (Å²) in [5.74, 6) is 0.301. The smallest absolute Gasteiger partial charge is 0.242 e. The summed E-state index contributed by atoms with van der Waals surface area (Å²) in [6, 6.07) is 8.07. The number of carbonyl (C=O) groups excluding carboxylic acids is 2. The van der Waals surface area contributed by atoms with Gasteiger partial charge >= 0.3 is 0 Å². The average Bonchev–Trinajstić information content (AvgIpc) is 2.99. The number of hydrogen-bond acceptors (Lipinski definition) is 3. The van der Waals surface area contributed by atoms with Gasteiger partial charge < -0.3 is 15.1 Å². The van der Waals surface area contributed by atoms with Gasteiger partial charge in [0, 0.05) is 25.6 Å². The van der Waals surface area contributed by atoms with Crippen LogP contribution in [-0.4, -0.2) is 42.4 Å². The zero-order chi connectivity index (χ0) is 16.2. The quantitative estimate of drug-likeness (QED) is 0.929. The van der Waals surface area contributed by atoms with Crippen molar-refractivity contribution >= 4 is 23.2 Å². The molecule has 2 fully saturated rings. The monoisotopic (exact) mass is 315 g/mol. The van der Waals surface area contributed by atoms with Gasteiger partial charge in [0.1, 0.15) is 0 Å². The maximum Gasteiger partial charge on any atom is 0.242 e. The summed E-state index contributed by atoms with van der Waals surface area (Å²) in [5, 5.41) is 3.24. The van der Waals surface area contributed by atoms with Crippen LogP contribution in [0.2, 0.25) is 0 Å². The molecule has 3 rings (SSSR count). The number of amides is 2. The van der Waals surface area contributed by atoms with Crippen LogP contribution in [-0.2, 0) is 9.59 Å². The predicted octanol–water partition coefficient (Wildman–Crippen LogP) is 2.63. The van der Waals surface area contributed by atoms with E-state index >= 15 is 0 Å². The molecular weight excluding hydrogens is 290 g/mol. The highest BCUT2D eigenvalue weighted by molar-refractivity contribution is 5.98. The largest absolute Gasteiger partial charge is 0.374 e. The zero-order valence-corrected chi connectivity index (χ0v) is 13.8. The normalized spacial score (nSPS) is 21.6. The van der Waals surface area contributed by atoms with Crippen LogP contribution in [0.1, 0.15) is 39.0 Å². The van der Waals surface area contributed by atoms with Gasteiger partial charge in [0.15, 0.2) is 0 Å². The van der Waals surface area contributed by atoms with Gasteiger partial charge in [-0.05, 0) is 44.7 Å². The molecule has 2 aliphatic rings. The van der Waals surface area contributed by atoms with Crippen LogP contribution in [0.5, 0.6) is 0 Å². The van der Waals surface area contributed by atoms with Gasteiger partial charge in [-0.3, -0.25) is 9.59 Å². The molecule has 124 valence electrons. The number of piperidine rings is 1. The molecular formula is C18H25N3O2. The first-order valence-corrected chi connectivity index (χ1v) is 8.59. The van der Waals surface area contributed by atoms with E-state index in [1.807, 2.05) is 34.1 Å². The molecule has 1 aromatic carbocycles. The Morgan fingerprint density at radius 3 is 2.78 bits per heavy atom. The molecule has 2 saturated heterocycles. The maximum absolute atomic E-state index is 12.5. The third-order valence-corrected chi connectivity index (χ3v) is 4.82. The van der Waals surface area contributed by atoms with Crippen LogP contribution in [0.4, 0.5) is 11.4 Å². The van der Waals surface area contributed by atoms with Crippen molar-refractivity contribution in [3.05, 3.63) is 24.3 Å². The van der Waals surface area contributed by atoms with Crippen molar-refractivity contribution in [2.24, 2.45) is 0 Å². The Morgan fingerprint density at radius 1 is 1.22 bits per heavy atom. The topological polar surface area (TPSA) is 52.7 Å². The predicted molar refractivity (Wildman–Crippen MR) is 91.5 cm³/mol. The Morgan fingerprint density at radius 2 is 2.04 bits per heavy atom. The Bertz CT molecular complexity index is 587. The fraction of sp³-hybridized carbons (Fsp3) is 0.556. The lowest BCUT2D eigenvalue weighted by Gasteiger charge is -2.33. The van der Waals surface area contributed by atoms with Crippen LogP contribution < -0.4 is 10.2 Å². The fourth-order valence-corrected chi connectivity index (χ4v) is 3.50. The van der Waals surface area contributed by atoms with Crippen molar-refractivity contribution in [2.75, 3.05) is 29.9 Å². The van der Waals surface area contributed by atoms with Crippen molar-refractivity contribution < 1.29 is 9.59 Å². The number of nitrogens with zero attached hydrogens (tertiary/aromatic N) is 2. The molecule has 2 amide bonds. The first-order valence-electron chi connectivity index (χ1n) is 8.59. The van der Waals surface area contributed by atoms with E-state index < -0.39 is 0 Å². The van der Waals surface area contributed by atoms with Gasteiger partial charge in [-0.1, -0.05) is 12.1 Å². The first-order chi connectivity index (χ1) is 11.2. The Kier molecular flexibility index (Phi) is 4.84. The molecule has 0 bridgehead atoms. The van der Waals surface area contributed by atoms with Crippen molar-refractivity contribution in [3.63, 3.8) is 0 Å². The number of nitrogens with one attached hydrogen (secondary N) is 1. The highest BCUT2D eigenvalue weighted by Gasteiger charge is 2.25. The summed E-state index contributed by atoms with van der Waals surface area (Å²) in [5.41, 5.74) is 1.75. The molecule has 0 unspecified atom stereocenters. The highest BCUT2D eigenvalue weighted by Crippen LogP contribution is 2.29. The van der Waals surface area contributed by atoms with Crippen LogP contribution in [0.15, 0.2) is 24.3 Å². The minimum Gasteiger partial charge on any atom is -0.374 e. The fourth-order valence-electron chi connectivity index (χ4n) is 3.50. The van der Waals surface area contributed by atoms with Gasteiger partial charge in [-0.25, -0.2) is 0 Å². The Hall–Kier alpha value is -2.04. The van der Waals surface area contributed by atoms with Gasteiger partial charge in [0.25, 0.3) is 0 Å². The molecule has 1 N–H and O–H groups in total. The van der Waals surface area contributed by atoms with E-state index in [0.29, 0.717) is 12.5 Å². The standard InChI is InChI=1S/C18H25N3O2/c1-14-7-4-5-11-20(14)18(23)13-19-15-8-2-3-9-16(15)21-12-6-10-17(21)22/h2-3,8-9,14,19H,4-7,10-13H2,1H3/t14-/m1/s1. The summed E-state index contributed by atoms with van der Waals surface area (Å²) in [7, 11) is 0. The third kappa shape index (κ3) is 3.49. The number of benzene rings is 1. The molecule has 2 aliphatic heterocycles. The number of rotatable bonds is 4. The molecule has 0 saturated carbocycles. The lowest BCUT2D eigenvalue weighted by molar-refractivity contribution is -0.132. The van der Waals surface area contributed by atoms with Gasteiger partial charge in [-0.2, -0.15) is 0 Å². The third-order valence-electron chi connectivity index (χ3n) is 4.82. The molecule has 1 aromatic rings. The van der Waals surface area contributed by atoms with E-state index in [-0.39, 0.29) is 18.4 Å². The molecule has 1 atom stereocenters. The molecule has 0 spiro atoms. The van der Waals surface area contributed by atoms with Crippen molar-refractivity contribution in [3.8, 4) is 0 Å². The van der Waals surface area contributed by atoms with E-state index in [9.17, 15) is 9.59 Å². The van der Waals surface area contributed by atoms with E-state index in [1.165, 1.54) is 6.42 Å². The van der Waals surface area contributed by atoms with E-state index in [1.54, 1.807) is 0 Å². The van der Waals surface area contributed by atoms with E-state index in [2.05, 4.69) is 12.2 Å². The SMILES string of the molecule is C[C@@H]1CCCCN1C(=O)CNc1ccccc1N1CCCC1=O. The van der Waals surface area contributed by atoms with E-state index in [0.717, 1.165) is 43.7 Å². The van der Waals surface area contributed by atoms with Crippen LogP contribution in [0.3, 0.4) is 0 Å². The lowest BCUT2D eigenvalue weighted by atomic mass is 10.0. The zero-order valence-electron chi connectivity index (χ0n) is 13.8. The molecule has 2 heterocycles. The number of likely N-dealkylation sites (tertiary alicyclic amines) is 1. The van der Waals surface area contributed by atoms with Crippen LogP contribution in [0, 0.1) is 0 Å². The number of hydrogen-bond donors (Lipinski definition) is 1. The summed E-state index contributed by atoms with van der Waals surface area (Å²) in [6.07, 6.45) is 4.90. The van der Waals surface area contributed by atoms with Crippen molar-refractivity contribution in [1.29, 1.82) is 0 Å². The molecule has 0 radical (unpaired) electrons. The second kappa shape index (κ2) is 7.02. The van der Waals surface area contributed by atoms with Crippen LogP contribution >= 0.6 is 0 Å². The maximum atomic E-state index is 12.5. The second-order valence-electron chi connectivity index (χ2n) is 6.45. The molecule has 5 heteroatoms. The van der Waals surface area contributed by atoms with Gasteiger partial charge in [0.05, 0.1) is 17.9 Å². The first kappa shape index (κ1) is 15.8. The number of carbonyl (C=O) groups is 2. The lowest BCUT2D eigenvalue weighted by Crippen LogP contribution is -2.44. The summed E-state index contributed by atoms with van der Waals surface area (Å²) in [4.78, 5) is 28.2. The van der Waals surface area contributed by atoms with Gasteiger partial charge in [0.2, 0.25) is 11.8 Å². The van der Waals surface area contributed by atoms with Crippen molar-refractivity contribution in [1.82, 2.24) is 4.90 Å². The Balaban J connectivity index is 1.66. The minimum atomic E-state index is 0.139. The van der Waals surface area contributed by atoms with Crippen LogP contribution in [0.25, 0.3) is 0 Å².